The maximum atomic E-state index is 5.56. The highest BCUT2D eigenvalue weighted by Gasteiger charge is 2.02. The molecule has 1 rings (SSSR count). The fourth-order valence-corrected chi connectivity index (χ4v) is 1.64. The number of hydrogen-bond acceptors (Lipinski definition) is 4. The van der Waals surface area contributed by atoms with Crippen molar-refractivity contribution in [3.63, 3.8) is 0 Å². The van der Waals surface area contributed by atoms with Gasteiger partial charge in [0.15, 0.2) is 5.09 Å². The molecule has 0 saturated carbocycles. The van der Waals surface area contributed by atoms with Crippen molar-refractivity contribution in [2.24, 2.45) is 5.73 Å². The second kappa shape index (κ2) is 9.36. The Labute approximate surface area is 108 Å². The summed E-state index contributed by atoms with van der Waals surface area (Å²) in [4.78, 5) is 2.08. The van der Waals surface area contributed by atoms with Gasteiger partial charge in [-0.25, -0.2) is 0 Å². The quantitative estimate of drug-likeness (QED) is 0.835. The van der Waals surface area contributed by atoms with Gasteiger partial charge >= 0.3 is 0 Å². The largest absolute Gasteiger partial charge is 0.454 e. The van der Waals surface area contributed by atoms with E-state index in [1.807, 2.05) is 26.2 Å². The second-order valence-electron chi connectivity index (χ2n) is 3.10. The van der Waals surface area contributed by atoms with E-state index in [1.165, 1.54) is 0 Å². The summed E-state index contributed by atoms with van der Waals surface area (Å²) in [7, 11) is 4.05. The van der Waals surface area contributed by atoms with Gasteiger partial charge in [-0.2, -0.15) is 0 Å². The zero-order valence-electron chi connectivity index (χ0n) is 8.93. The Bertz CT molecular complexity index is 256. The van der Waals surface area contributed by atoms with E-state index in [0.29, 0.717) is 6.54 Å². The summed E-state index contributed by atoms with van der Waals surface area (Å²) < 4.78 is 5.56. The summed E-state index contributed by atoms with van der Waals surface area (Å²) in [6, 6.07) is 4.01. The lowest BCUT2D eigenvalue weighted by atomic mass is 10.4. The highest BCUT2D eigenvalue weighted by atomic mass is 35.5. The van der Waals surface area contributed by atoms with E-state index in [2.05, 4.69) is 4.90 Å². The molecule has 0 aliphatic heterocycles. The molecule has 0 amide bonds. The molecule has 90 valence electrons. The molecule has 1 aromatic rings. The van der Waals surface area contributed by atoms with Crippen molar-refractivity contribution in [3.05, 3.63) is 17.9 Å². The van der Waals surface area contributed by atoms with E-state index in [1.54, 1.807) is 11.8 Å². The lowest BCUT2D eigenvalue weighted by Crippen LogP contribution is -2.09. The number of halogens is 2. The average molecular weight is 273 g/mol. The Morgan fingerprint density at radius 1 is 1.33 bits per heavy atom. The third kappa shape index (κ3) is 7.09. The van der Waals surface area contributed by atoms with E-state index >= 15 is 0 Å². The standard InChI is InChI=1S/C9H16N2OS.2ClH/c1-11(2)7-8-3-4-9(12-8)13-6-5-10;;/h3-4H,5-7,10H2,1-2H3;2*1H. The predicted octanol–water partition coefficient (Wildman–Crippen LogP) is 2.24. The maximum Gasteiger partial charge on any atom is 0.160 e. The number of furan rings is 1. The zero-order valence-corrected chi connectivity index (χ0v) is 11.4. The maximum absolute atomic E-state index is 5.56. The van der Waals surface area contributed by atoms with Crippen LogP contribution in [0, 0.1) is 0 Å². The molecule has 0 saturated heterocycles. The minimum Gasteiger partial charge on any atom is -0.454 e. The third-order valence-electron chi connectivity index (χ3n) is 1.47. The summed E-state index contributed by atoms with van der Waals surface area (Å²) in [5, 5.41) is 0.960. The number of nitrogens with two attached hydrogens (primary N) is 1. The van der Waals surface area contributed by atoms with E-state index in [9.17, 15) is 0 Å². The SMILES string of the molecule is CN(C)Cc1ccc(SCCN)o1.Cl.Cl. The van der Waals surface area contributed by atoms with E-state index < -0.39 is 0 Å². The van der Waals surface area contributed by atoms with Gasteiger partial charge in [0.1, 0.15) is 5.76 Å². The molecule has 1 heterocycles. The van der Waals surface area contributed by atoms with Crippen LogP contribution >= 0.6 is 36.6 Å². The van der Waals surface area contributed by atoms with Crippen LogP contribution in [-0.4, -0.2) is 31.3 Å². The molecule has 15 heavy (non-hydrogen) atoms. The molecule has 6 heteroatoms. The monoisotopic (exact) mass is 272 g/mol. The topological polar surface area (TPSA) is 42.4 Å². The molecule has 0 bridgehead atoms. The number of rotatable bonds is 5. The van der Waals surface area contributed by atoms with Crippen LogP contribution in [0.4, 0.5) is 0 Å². The summed E-state index contributed by atoms with van der Waals surface area (Å²) in [6.07, 6.45) is 0. The molecule has 0 radical (unpaired) electrons. The van der Waals surface area contributed by atoms with Crippen LogP contribution in [0.1, 0.15) is 5.76 Å². The normalized spacial score (nSPS) is 9.60. The van der Waals surface area contributed by atoms with Gasteiger partial charge in [0.2, 0.25) is 0 Å². The van der Waals surface area contributed by atoms with E-state index in [4.69, 9.17) is 10.2 Å². The van der Waals surface area contributed by atoms with Crippen LogP contribution in [0.15, 0.2) is 21.6 Å². The molecule has 0 fully saturated rings. The fraction of sp³-hybridized carbons (Fsp3) is 0.556. The van der Waals surface area contributed by atoms with Gasteiger partial charge in [-0.1, -0.05) is 11.8 Å². The van der Waals surface area contributed by atoms with Gasteiger partial charge in [0.05, 0.1) is 6.54 Å². The van der Waals surface area contributed by atoms with Crippen molar-refractivity contribution in [2.45, 2.75) is 11.6 Å². The van der Waals surface area contributed by atoms with Crippen molar-refractivity contribution in [1.29, 1.82) is 0 Å². The summed E-state index contributed by atoms with van der Waals surface area (Å²) in [6.45, 7) is 1.54. The lowest BCUT2D eigenvalue weighted by Gasteiger charge is -2.05. The molecule has 0 aliphatic rings. The van der Waals surface area contributed by atoms with Crippen LogP contribution in [-0.2, 0) is 6.54 Å². The van der Waals surface area contributed by atoms with Gasteiger partial charge in [-0.3, -0.25) is 0 Å². The van der Waals surface area contributed by atoms with E-state index in [-0.39, 0.29) is 24.8 Å². The first-order chi connectivity index (χ1) is 6.22. The van der Waals surface area contributed by atoms with Crippen LogP contribution in [0.2, 0.25) is 0 Å². The van der Waals surface area contributed by atoms with Crippen molar-refractivity contribution in [3.8, 4) is 0 Å². The lowest BCUT2D eigenvalue weighted by molar-refractivity contribution is 0.329. The first-order valence-electron chi connectivity index (χ1n) is 4.28. The van der Waals surface area contributed by atoms with Crippen molar-refractivity contribution in [2.75, 3.05) is 26.4 Å². The molecule has 0 aliphatic carbocycles. The zero-order chi connectivity index (χ0) is 9.68. The predicted molar refractivity (Wildman–Crippen MR) is 70.4 cm³/mol. The van der Waals surface area contributed by atoms with Gasteiger partial charge in [-0.05, 0) is 26.2 Å². The molecule has 0 spiro atoms. The summed E-state index contributed by atoms with van der Waals surface area (Å²) in [5.74, 6) is 1.92. The smallest absolute Gasteiger partial charge is 0.160 e. The molecular formula is C9H18Cl2N2OS. The van der Waals surface area contributed by atoms with Crippen LogP contribution in [0.3, 0.4) is 0 Å². The van der Waals surface area contributed by atoms with Gasteiger partial charge in [0.25, 0.3) is 0 Å². The molecule has 3 nitrogen and oxygen atoms in total. The highest BCUT2D eigenvalue weighted by molar-refractivity contribution is 7.99. The van der Waals surface area contributed by atoms with Gasteiger partial charge in [0, 0.05) is 12.3 Å². The summed E-state index contributed by atoms with van der Waals surface area (Å²) in [5.41, 5.74) is 5.39. The van der Waals surface area contributed by atoms with Crippen molar-refractivity contribution in [1.82, 2.24) is 4.90 Å². The Morgan fingerprint density at radius 3 is 2.53 bits per heavy atom. The number of hydrogen-bond donors (Lipinski definition) is 1. The molecular weight excluding hydrogens is 255 g/mol. The minimum absolute atomic E-state index is 0. The Balaban J connectivity index is 0. The van der Waals surface area contributed by atoms with Crippen molar-refractivity contribution < 1.29 is 4.42 Å². The molecule has 0 atom stereocenters. The fourth-order valence-electron chi connectivity index (χ4n) is 0.992. The van der Waals surface area contributed by atoms with Crippen molar-refractivity contribution >= 4 is 36.6 Å². The average Bonchev–Trinajstić information content (AvgIpc) is 2.48. The number of thioether (sulfide) groups is 1. The summed E-state index contributed by atoms with van der Waals surface area (Å²) >= 11 is 1.66. The first-order valence-corrected chi connectivity index (χ1v) is 5.27. The molecule has 0 aromatic carbocycles. The van der Waals surface area contributed by atoms with E-state index in [0.717, 1.165) is 23.2 Å². The Hall–Kier alpha value is 0.130. The third-order valence-corrected chi connectivity index (χ3v) is 2.41. The molecule has 1 aromatic heterocycles. The van der Waals surface area contributed by atoms with Crippen LogP contribution in [0.5, 0.6) is 0 Å². The molecule has 0 unspecified atom stereocenters. The second-order valence-corrected chi connectivity index (χ2v) is 4.19. The highest BCUT2D eigenvalue weighted by Crippen LogP contribution is 2.20. The minimum atomic E-state index is 0. The van der Waals surface area contributed by atoms with Crippen LogP contribution < -0.4 is 5.73 Å². The Kier molecular flexibility index (Phi) is 10.9. The number of nitrogens with zero attached hydrogens (tertiary/aromatic N) is 1. The van der Waals surface area contributed by atoms with Crippen LogP contribution in [0.25, 0.3) is 0 Å². The first kappa shape index (κ1) is 17.5. The van der Waals surface area contributed by atoms with Gasteiger partial charge < -0.3 is 15.1 Å². The van der Waals surface area contributed by atoms with Gasteiger partial charge in [-0.15, -0.1) is 24.8 Å². The molecule has 2 N–H and O–H groups in total. The Morgan fingerprint density at radius 2 is 2.00 bits per heavy atom.